The van der Waals surface area contributed by atoms with Gasteiger partial charge in [0.25, 0.3) is 0 Å². The van der Waals surface area contributed by atoms with Crippen molar-refractivity contribution in [3.8, 4) is 0 Å². The second kappa shape index (κ2) is 3.20. The summed E-state index contributed by atoms with van der Waals surface area (Å²) >= 11 is 0. The predicted molar refractivity (Wildman–Crippen MR) is 53.1 cm³/mol. The Balaban J connectivity index is 2.59. The number of ketones is 1. The number of fused-ring (bicyclic) bond motifs is 1. The first-order chi connectivity index (χ1) is 6.61. The molecule has 1 heterocycles. The zero-order valence-electron chi connectivity index (χ0n) is 8.58. The van der Waals surface area contributed by atoms with E-state index in [1.54, 1.807) is 4.68 Å². The third-order valence-electron chi connectivity index (χ3n) is 2.69. The summed E-state index contributed by atoms with van der Waals surface area (Å²) in [4.78, 5) is 11.7. The molecule has 2 rings (SSSR count). The third kappa shape index (κ3) is 1.26. The van der Waals surface area contributed by atoms with E-state index in [1.165, 1.54) is 0 Å². The number of aromatic nitrogens is 2. The lowest BCUT2D eigenvalue weighted by Crippen LogP contribution is -2.16. The van der Waals surface area contributed by atoms with E-state index in [4.69, 9.17) is 5.73 Å². The van der Waals surface area contributed by atoms with Crippen LogP contribution in [0.3, 0.4) is 0 Å². The number of hydrogen-bond acceptors (Lipinski definition) is 3. The van der Waals surface area contributed by atoms with Crippen LogP contribution in [0.2, 0.25) is 0 Å². The van der Waals surface area contributed by atoms with E-state index in [2.05, 4.69) is 5.10 Å². The van der Waals surface area contributed by atoms with Crippen molar-refractivity contribution >= 4 is 5.78 Å². The van der Waals surface area contributed by atoms with Crippen molar-refractivity contribution in [3.63, 3.8) is 0 Å². The molecule has 0 saturated carbocycles. The molecule has 0 radical (unpaired) electrons. The van der Waals surface area contributed by atoms with Crippen molar-refractivity contribution in [2.75, 3.05) is 0 Å². The minimum absolute atomic E-state index is 0.127. The highest BCUT2D eigenvalue weighted by atomic mass is 16.1. The topological polar surface area (TPSA) is 60.9 Å². The fourth-order valence-electron chi connectivity index (χ4n) is 2.14. The highest BCUT2D eigenvalue weighted by molar-refractivity contribution is 5.99. The smallest absolute Gasteiger partial charge is 0.166 e. The Morgan fingerprint density at radius 2 is 2.21 bits per heavy atom. The van der Waals surface area contributed by atoms with Crippen LogP contribution in [0.15, 0.2) is 0 Å². The van der Waals surface area contributed by atoms with E-state index in [0.29, 0.717) is 6.42 Å². The lowest BCUT2D eigenvalue weighted by molar-refractivity contribution is 0.0971. The van der Waals surface area contributed by atoms with Crippen molar-refractivity contribution in [2.45, 2.75) is 32.2 Å². The summed E-state index contributed by atoms with van der Waals surface area (Å²) in [7, 11) is 1.85. The maximum atomic E-state index is 11.7. The molecule has 1 aliphatic rings. The molecule has 14 heavy (non-hydrogen) atoms. The van der Waals surface area contributed by atoms with Gasteiger partial charge in [0.2, 0.25) is 0 Å². The molecule has 0 aromatic carbocycles. The van der Waals surface area contributed by atoms with E-state index in [9.17, 15) is 4.79 Å². The number of Topliss-reactive ketones (excluding diaryl/α,β-unsaturated/α-hetero) is 1. The van der Waals surface area contributed by atoms with Crippen LogP contribution in [0.25, 0.3) is 0 Å². The molecule has 0 spiro atoms. The Morgan fingerprint density at radius 1 is 1.50 bits per heavy atom. The van der Waals surface area contributed by atoms with Gasteiger partial charge in [-0.15, -0.1) is 0 Å². The van der Waals surface area contributed by atoms with Gasteiger partial charge < -0.3 is 5.73 Å². The van der Waals surface area contributed by atoms with Crippen LogP contribution in [-0.2, 0) is 13.5 Å². The van der Waals surface area contributed by atoms with Crippen LogP contribution in [0.1, 0.15) is 47.6 Å². The molecular formula is C10H15N3O. The molecule has 0 saturated heterocycles. The van der Waals surface area contributed by atoms with E-state index < -0.39 is 0 Å². The van der Waals surface area contributed by atoms with Crippen molar-refractivity contribution in [2.24, 2.45) is 12.8 Å². The van der Waals surface area contributed by atoms with Gasteiger partial charge >= 0.3 is 0 Å². The Hall–Kier alpha value is -1.16. The molecule has 4 heteroatoms. The number of rotatable bonds is 1. The van der Waals surface area contributed by atoms with Gasteiger partial charge in [-0.2, -0.15) is 5.10 Å². The predicted octanol–water partition coefficient (Wildman–Crippen LogP) is 0.959. The van der Waals surface area contributed by atoms with Crippen LogP contribution in [0.5, 0.6) is 0 Å². The molecule has 2 N–H and O–H groups in total. The largest absolute Gasteiger partial charge is 0.323 e. The lowest BCUT2D eigenvalue weighted by Gasteiger charge is -2.12. The average molecular weight is 193 g/mol. The molecule has 1 unspecified atom stereocenters. The Labute approximate surface area is 83.1 Å². The molecule has 1 aliphatic carbocycles. The van der Waals surface area contributed by atoms with Gasteiger partial charge in [-0.05, 0) is 19.8 Å². The van der Waals surface area contributed by atoms with Crippen molar-refractivity contribution in [1.82, 2.24) is 9.78 Å². The van der Waals surface area contributed by atoms with Crippen molar-refractivity contribution in [3.05, 3.63) is 17.0 Å². The van der Waals surface area contributed by atoms with Gasteiger partial charge in [-0.3, -0.25) is 9.48 Å². The number of hydrogen-bond donors (Lipinski definition) is 1. The minimum atomic E-state index is -0.127. The quantitative estimate of drug-likeness (QED) is 0.722. The van der Waals surface area contributed by atoms with Gasteiger partial charge in [-0.25, -0.2) is 0 Å². The van der Waals surface area contributed by atoms with Gasteiger partial charge in [0.05, 0.1) is 17.0 Å². The van der Waals surface area contributed by atoms with E-state index in [-0.39, 0.29) is 11.8 Å². The monoisotopic (exact) mass is 193 g/mol. The van der Waals surface area contributed by atoms with Gasteiger partial charge in [0, 0.05) is 19.5 Å². The summed E-state index contributed by atoms with van der Waals surface area (Å²) in [5.74, 6) is 0.201. The molecule has 4 nitrogen and oxygen atoms in total. The summed E-state index contributed by atoms with van der Waals surface area (Å²) in [5.41, 5.74) is 8.42. The molecule has 1 aromatic heterocycles. The number of carbonyl (C=O) groups excluding carboxylic acids is 1. The van der Waals surface area contributed by atoms with Crippen LogP contribution in [-0.4, -0.2) is 15.6 Å². The SMILES string of the molecule is CC(N)c1c2c(nn1C)CCCC2=O. The zero-order valence-corrected chi connectivity index (χ0v) is 8.58. The molecule has 1 aromatic rings. The van der Waals surface area contributed by atoms with Gasteiger partial charge in [-0.1, -0.05) is 0 Å². The summed E-state index contributed by atoms with van der Waals surface area (Å²) in [5, 5.41) is 4.34. The second-order valence-electron chi connectivity index (χ2n) is 3.90. The molecule has 0 fully saturated rings. The van der Waals surface area contributed by atoms with Crippen molar-refractivity contribution in [1.29, 1.82) is 0 Å². The Morgan fingerprint density at radius 3 is 2.86 bits per heavy atom. The molecule has 0 aliphatic heterocycles. The van der Waals surface area contributed by atoms with E-state index in [0.717, 1.165) is 29.8 Å². The molecule has 0 amide bonds. The van der Waals surface area contributed by atoms with Gasteiger partial charge in [0.1, 0.15) is 0 Å². The lowest BCUT2D eigenvalue weighted by atomic mass is 9.93. The molecule has 76 valence electrons. The minimum Gasteiger partial charge on any atom is -0.323 e. The third-order valence-corrected chi connectivity index (χ3v) is 2.69. The first kappa shape index (κ1) is 9.40. The number of nitrogens with zero attached hydrogens (tertiary/aromatic N) is 2. The van der Waals surface area contributed by atoms with Crippen molar-refractivity contribution < 1.29 is 4.79 Å². The fourth-order valence-corrected chi connectivity index (χ4v) is 2.14. The second-order valence-corrected chi connectivity index (χ2v) is 3.90. The van der Waals surface area contributed by atoms with E-state index in [1.807, 2.05) is 14.0 Å². The molecule has 1 atom stereocenters. The Kier molecular flexibility index (Phi) is 2.15. The van der Waals surface area contributed by atoms with Crippen LogP contribution >= 0.6 is 0 Å². The standard InChI is InChI=1S/C10H15N3O/c1-6(11)10-9-7(12-13(10)2)4-3-5-8(9)14/h6H,3-5,11H2,1-2H3. The first-order valence-corrected chi connectivity index (χ1v) is 4.96. The summed E-state index contributed by atoms with van der Waals surface area (Å²) in [6, 6.07) is -0.127. The molecule has 0 bridgehead atoms. The molecular weight excluding hydrogens is 178 g/mol. The maximum Gasteiger partial charge on any atom is 0.166 e. The number of aryl methyl sites for hydroxylation is 2. The van der Waals surface area contributed by atoms with Crippen LogP contribution in [0.4, 0.5) is 0 Å². The first-order valence-electron chi connectivity index (χ1n) is 4.96. The zero-order chi connectivity index (χ0) is 10.3. The van der Waals surface area contributed by atoms with E-state index >= 15 is 0 Å². The number of carbonyl (C=O) groups is 1. The van der Waals surface area contributed by atoms with Crippen LogP contribution < -0.4 is 5.73 Å². The highest BCUT2D eigenvalue weighted by Gasteiger charge is 2.26. The average Bonchev–Trinajstić information content (AvgIpc) is 2.42. The fraction of sp³-hybridized carbons (Fsp3) is 0.600. The number of nitrogens with two attached hydrogens (primary N) is 1. The maximum absolute atomic E-state index is 11.7. The Bertz CT molecular complexity index is 379. The highest BCUT2D eigenvalue weighted by Crippen LogP contribution is 2.26. The van der Waals surface area contributed by atoms with Gasteiger partial charge in [0.15, 0.2) is 5.78 Å². The normalized spacial score (nSPS) is 18.1. The summed E-state index contributed by atoms with van der Waals surface area (Å²) < 4.78 is 1.75. The summed E-state index contributed by atoms with van der Waals surface area (Å²) in [6.07, 6.45) is 2.46. The van der Waals surface area contributed by atoms with Crippen LogP contribution in [0, 0.1) is 0 Å². The summed E-state index contributed by atoms with van der Waals surface area (Å²) in [6.45, 7) is 1.89.